The summed E-state index contributed by atoms with van der Waals surface area (Å²) in [7, 11) is 4.00. The highest BCUT2D eigenvalue weighted by Gasteiger charge is 2.34. The Morgan fingerprint density at radius 3 is 2.21 bits per heavy atom. The van der Waals surface area contributed by atoms with E-state index in [1.165, 1.54) is 9.80 Å². The van der Waals surface area contributed by atoms with E-state index in [0.717, 1.165) is 29.7 Å². The second-order valence-electron chi connectivity index (χ2n) is 9.85. The normalized spacial score (nSPS) is 17.4. The monoisotopic (exact) mass is 528 g/mol. The molecule has 1 aliphatic carbocycles. The minimum atomic E-state index is -1.09. The molecule has 5 rings (SSSR count). The summed E-state index contributed by atoms with van der Waals surface area (Å²) in [6.07, 6.45) is 1.44. The van der Waals surface area contributed by atoms with Crippen molar-refractivity contribution in [2.75, 3.05) is 34.2 Å². The van der Waals surface area contributed by atoms with Crippen molar-refractivity contribution in [2.24, 2.45) is 0 Å². The van der Waals surface area contributed by atoms with Gasteiger partial charge in [-0.2, -0.15) is 0 Å². The van der Waals surface area contributed by atoms with E-state index in [0.29, 0.717) is 22.5 Å². The largest absolute Gasteiger partial charge is 0.636 e. The predicted molar refractivity (Wildman–Crippen MR) is 144 cm³/mol. The van der Waals surface area contributed by atoms with Crippen LogP contribution in [0, 0.1) is 0 Å². The maximum absolute atomic E-state index is 12.1. The number of carbonyl (C=O) groups is 3. The fraction of sp³-hybridized carbons (Fsp3) is 0.276. The Hall–Kier alpha value is -4.31. The molecule has 1 heterocycles. The van der Waals surface area contributed by atoms with Gasteiger partial charge < -0.3 is 23.7 Å². The summed E-state index contributed by atoms with van der Waals surface area (Å²) in [6.45, 7) is 0.0298. The van der Waals surface area contributed by atoms with Crippen molar-refractivity contribution in [3.8, 4) is 17.2 Å². The summed E-state index contributed by atoms with van der Waals surface area (Å²) >= 11 is 0. The number of rotatable bonds is 6. The lowest BCUT2D eigenvalue weighted by Gasteiger charge is -2.22. The zero-order valence-corrected chi connectivity index (χ0v) is 22.1. The van der Waals surface area contributed by atoms with Gasteiger partial charge in [0.05, 0.1) is 13.1 Å². The molecule has 1 amide bonds. The lowest BCUT2D eigenvalue weighted by Crippen LogP contribution is -2.47. The third kappa shape index (κ3) is 6.07. The molecule has 9 nitrogen and oxygen atoms in total. The van der Waals surface area contributed by atoms with Crippen LogP contribution >= 0.6 is 0 Å². The minimum absolute atomic E-state index is 0.0149. The van der Waals surface area contributed by atoms with Crippen LogP contribution in [0.2, 0.25) is 0 Å². The van der Waals surface area contributed by atoms with Crippen molar-refractivity contribution in [2.45, 2.75) is 18.9 Å². The second-order valence-corrected chi connectivity index (χ2v) is 9.85. The molecule has 0 unspecified atom stereocenters. The molecule has 2 aliphatic rings. The van der Waals surface area contributed by atoms with Crippen LogP contribution in [0.25, 0.3) is 0 Å². The van der Waals surface area contributed by atoms with Crippen molar-refractivity contribution >= 4 is 30.4 Å². The molecule has 200 valence electrons. The first-order valence-electron chi connectivity index (χ1n) is 12.7. The van der Waals surface area contributed by atoms with E-state index in [2.05, 4.69) is 0 Å². The summed E-state index contributed by atoms with van der Waals surface area (Å²) in [4.78, 5) is 39.3. The number of benzene rings is 3. The summed E-state index contributed by atoms with van der Waals surface area (Å²) in [5.41, 5.74) is 3.30. The zero-order valence-electron chi connectivity index (χ0n) is 22.1. The first-order chi connectivity index (χ1) is 18.8. The highest BCUT2D eigenvalue weighted by molar-refractivity contribution is 6.64. The lowest BCUT2D eigenvalue weighted by molar-refractivity contribution is -0.145. The third-order valence-corrected chi connectivity index (χ3v) is 6.61. The summed E-state index contributed by atoms with van der Waals surface area (Å²) in [5.74, 6) is 1.07. The van der Waals surface area contributed by atoms with Gasteiger partial charge in [0, 0.05) is 30.7 Å². The van der Waals surface area contributed by atoms with Gasteiger partial charge in [-0.25, -0.2) is 0 Å². The van der Waals surface area contributed by atoms with Crippen LogP contribution in [0.5, 0.6) is 17.2 Å². The van der Waals surface area contributed by atoms with Crippen molar-refractivity contribution in [1.82, 2.24) is 9.80 Å². The van der Waals surface area contributed by atoms with Crippen molar-refractivity contribution in [1.29, 1.82) is 0 Å². The van der Waals surface area contributed by atoms with Gasteiger partial charge >= 0.3 is 19.1 Å². The fourth-order valence-electron chi connectivity index (χ4n) is 4.69. The number of carbonyl (C=O) groups excluding carboxylic acids is 3. The SMILES string of the molecule is CN1CC(=O)OB(c2ccc(O[C@@H]3CCc4c(Oc5ccc(C(=O)N(C)C)cc5)cccc43)cc2)OC(=O)C1. The van der Waals surface area contributed by atoms with E-state index in [1.807, 2.05) is 18.2 Å². The van der Waals surface area contributed by atoms with Crippen LogP contribution in [0.4, 0.5) is 0 Å². The van der Waals surface area contributed by atoms with Gasteiger partial charge in [0.15, 0.2) is 0 Å². The number of nitrogens with zero attached hydrogens (tertiary/aromatic N) is 2. The van der Waals surface area contributed by atoms with Gasteiger partial charge in [-0.15, -0.1) is 0 Å². The maximum Gasteiger partial charge on any atom is 0.636 e. The second kappa shape index (κ2) is 11.2. The van der Waals surface area contributed by atoms with Crippen LogP contribution in [-0.4, -0.2) is 69.0 Å². The maximum atomic E-state index is 12.1. The molecule has 0 saturated carbocycles. The molecule has 0 aromatic heterocycles. The Morgan fingerprint density at radius 2 is 1.56 bits per heavy atom. The molecule has 39 heavy (non-hydrogen) atoms. The molecule has 0 N–H and O–H groups in total. The van der Waals surface area contributed by atoms with Crippen LogP contribution in [-0.2, 0) is 25.3 Å². The van der Waals surface area contributed by atoms with Gasteiger partial charge in [0.2, 0.25) is 0 Å². The van der Waals surface area contributed by atoms with Gasteiger partial charge in [-0.1, -0.05) is 24.3 Å². The first kappa shape index (κ1) is 26.3. The molecule has 0 radical (unpaired) electrons. The number of hydrogen-bond acceptors (Lipinski definition) is 8. The van der Waals surface area contributed by atoms with Gasteiger partial charge in [0.1, 0.15) is 23.4 Å². The van der Waals surface area contributed by atoms with Crippen LogP contribution in [0.3, 0.4) is 0 Å². The van der Waals surface area contributed by atoms with Gasteiger partial charge in [-0.05, 0) is 67.9 Å². The van der Waals surface area contributed by atoms with Crippen molar-refractivity contribution in [3.63, 3.8) is 0 Å². The van der Waals surface area contributed by atoms with E-state index < -0.39 is 19.1 Å². The molecule has 0 bridgehead atoms. The van der Waals surface area contributed by atoms with Crippen LogP contribution < -0.4 is 14.9 Å². The quantitative estimate of drug-likeness (QED) is 0.451. The molecule has 1 fully saturated rings. The average Bonchev–Trinajstić information content (AvgIpc) is 3.31. The Balaban J connectivity index is 1.26. The molecular formula is C29H29BN2O7. The highest BCUT2D eigenvalue weighted by atomic mass is 16.6. The fourth-order valence-corrected chi connectivity index (χ4v) is 4.69. The van der Waals surface area contributed by atoms with E-state index in [4.69, 9.17) is 18.8 Å². The van der Waals surface area contributed by atoms with E-state index >= 15 is 0 Å². The van der Waals surface area contributed by atoms with Crippen molar-refractivity contribution in [3.05, 3.63) is 83.4 Å². The number of likely N-dealkylation sites (N-methyl/N-ethyl adjacent to an activating group) is 1. The first-order valence-corrected chi connectivity index (χ1v) is 12.7. The average molecular weight is 528 g/mol. The third-order valence-electron chi connectivity index (χ3n) is 6.61. The standard InChI is InChI=1S/C29H29BN2O7/c1-31(2)29(35)19-7-11-21(12-8-19)36-25-6-4-5-23-24(25)15-16-26(23)37-22-13-9-20(10-14-22)30-38-27(33)17-32(3)18-28(34)39-30/h4-14,26H,15-18H2,1-3H3/t26-/m1/s1. The smallest absolute Gasteiger partial charge is 0.494 e. The van der Waals surface area contributed by atoms with Crippen LogP contribution in [0.1, 0.15) is 34.0 Å². The number of amides is 1. The zero-order chi connectivity index (χ0) is 27.5. The van der Waals surface area contributed by atoms with E-state index in [-0.39, 0.29) is 25.1 Å². The van der Waals surface area contributed by atoms with Gasteiger partial charge in [-0.3, -0.25) is 19.3 Å². The summed E-state index contributed by atoms with van der Waals surface area (Å²) in [6, 6.07) is 20.0. The Labute approximate surface area is 227 Å². The Kier molecular flexibility index (Phi) is 7.56. The molecular weight excluding hydrogens is 499 g/mol. The highest BCUT2D eigenvalue weighted by Crippen LogP contribution is 2.40. The lowest BCUT2D eigenvalue weighted by atomic mass is 9.78. The van der Waals surface area contributed by atoms with E-state index in [9.17, 15) is 14.4 Å². The molecule has 3 aromatic rings. The summed E-state index contributed by atoms with van der Waals surface area (Å²) < 4.78 is 23.1. The molecule has 1 saturated heterocycles. The van der Waals surface area contributed by atoms with Gasteiger partial charge in [0.25, 0.3) is 5.91 Å². The molecule has 10 heteroatoms. The molecule has 1 atom stereocenters. The number of fused-ring (bicyclic) bond motifs is 1. The van der Waals surface area contributed by atoms with Crippen molar-refractivity contribution < 1.29 is 33.2 Å². The molecule has 1 aliphatic heterocycles. The van der Waals surface area contributed by atoms with E-state index in [1.54, 1.807) is 69.7 Å². The molecule has 3 aromatic carbocycles. The van der Waals surface area contributed by atoms with Crippen LogP contribution in [0.15, 0.2) is 66.7 Å². The Morgan fingerprint density at radius 1 is 0.923 bits per heavy atom. The number of ether oxygens (including phenoxy) is 2. The summed E-state index contributed by atoms with van der Waals surface area (Å²) in [5, 5.41) is 0. The Bertz CT molecular complexity index is 1360. The topological polar surface area (TPSA) is 94.6 Å². The minimum Gasteiger partial charge on any atom is -0.494 e. The predicted octanol–water partition coefficient (Wildman–Crippen LogP) is 2.97. The number of hydrogen-bond donors (Lipinski definition) is 0. The molecule has 0 spiro atoms.